The van der Waals surface area contributed by atoms with Crippen LogP contribution < -0.4 is 15.5 Å². The summed E-state index contributed by atoms with van der Waals surface area (Å²) in [4.78, 5) is 21.9. The minimum atomic E-state index is 0.518. The molecule has 2 aromatic heterocycles. The van der Waals surface area contributed by atoms with Crippen LogP contribution in [0.2, 0.25) is 0 Å². The number of nitrogens with one attached hydrogen (secondary N) is 2. The zero-order valence-corrected chi connectivity index (χ0v) is 16.3. The lowest BCUT2D eigenvalue weighted by Gasteiger charge is -2.34. The zero-order chi connectivity index (χ0) is 19.1. The molecule has 3 heterocycles. The summed E-state index contributed by atoms with van der Waals surface area (Å²) >= 11 is 0. The number of rotatable bonds is 6. The van der Waals surface area contributed by atoms with Crippen LogP contribution in [0.5, 0.6) is 0 Å². The van der Waals surface area contributed by atoms with Gasteiger partial charge in [-0.05, 0) is 19.9 Å². The van der Waals surface area contributed by atoms with Crippen molar-refractivity contribution in [2.45, 2.75) is 20.4 Å². The highest BCUT2D eigenvalue weighted by Crippen LogP contribution is 2.09. The SMILES string of the molecule is CN=C(NCCN1CCN(c2ncccn2)CC1)NCc1nc(C)c(C)o1. The molecule has 0 amide bonds. The highest BCUT2D eigenvalue weighted by molar-refractivity contribution is 5.79. The van der Waals surface area contributed by atoms with Gasteiger partial charge in [-0.25, -0.2) is 15.0 Å². The molecule has 9 nitrogen and oxygen atoms in total. The third kappa shape index (κ3) is 5.40. The van der Waals surface area contributed by atoms with Crippen LogP contribution in [0, 0.1) is 13.8 Å². The Labute approximate surface area is 159 Å². The van der Waals surface area contributed by atoms with Crippen LogP contribution in [0.1, 0.15) is 17.3 Å². The first kappa shape index (κ1) is 19.1. The topological polar surface area (TPSA) is 94.7 Å². The molecule has 0 radical (unpaired) electrons. The van der Waals surface area contributed by atoms with Crippen LogP contribution in [-0.4, -0.2) is 72.1 Å². The zero-order valence-electron chi connectivity index (χ0n) is 16.3. The number of aryl methyl sites for hydroxylation is 2. The molecular formula is C18H28N8O. The molecule has 2 N–H and O–H groups in total. The molecule has 0 atom stereocenters. The number of piperazine rings is 1. The van der Waals surface area contributed by atoms with E-state index in [2.05, 4.69) is 40.4 Å². The van der Waals surface area contributed by atoms with E-state index in [1.807, 2.05) is 19.9 Å². The minimum Gasteiger partial charge on any atom is -0.444 e. The van der Waals surface area contributed by atoms with E-state index in [0.717, 1.165) is 62.6 Å². The molecule has 3 rings (SSSR count). The van der Waals surface area contributed by atoms with E-state index in [1.165, 1.54) is 0 Å². The van der Waals surface area contributed by atoms with E-state index >= 15 is 0 Å². The third-order valence-electron chi connectivity index (χ3n) is 4.63. The molecule has 1 aliphatic heterocycles. The Balaban J connectivity index is 1.35. The quantitative estimate of drug-likeness (QED) is 0.561. The van der Waals surface area contributed by atoms with Crippen LogP contribution in [0.25, 0.3) is 0 Å². The van der Waals surface area contributed by atoms with Gasteiger partial charge in [0.05, 0.1) is 12.2 Å². The lowest BCUT2D eigenvalue weighted by Crippen LogP contribution is -2.49. The van der Waals surface area contributed by atoms with Crippen molar-refractivity contribution in [2.24, 2.45) is 4.99 Å². The maximum absolute atomic E-state index is 5.58. The van der Waals surface area contributed by atoms with Crippen molar-refractivity contribution in [3.05, 3.63) is 35.8 Å². The van der Waals surface area contributed by atoms with Gasteiger partial charge in [0.15, 0.2) is 5.96 Å². The number of anilines is 1. The minimum absolute atomic E-state index is 0.518. The number of hydrogen-bond donors (Lipinski definition) is 2. The molecule has 146 valence electrons. The molecule has 0 unspecified atom stereocenters. The predicted octanol–water partition coefficient (Wildman–Crippen LogP) is 0.569. The Hall–Kier alpha value is -2.68. The average Bonchev–Trinajstić information content (AvgIpc) is 3.03. The van der Waals surface area contributed by atoms with Gasteiger partial charge in [-0.2, -0.15) is 0 Å². The molecule has 1 aliphatic rings. The normalized spacial score (nSPS) is 15.8. The monoisotopic (exact) mass is 372 g/mol. The van der Waals surface area contributed by atoms with E-state index < -0.39 is 0 Å². The smallest absolute Gasteiger partial charge is 0.225 e. The van der Waals surface area contributed by atoms with Gasteiger partial charge in [-0.3, -0.25) is 9.89 Å². The lowest BCUT2D eigenvalue weighted by molar-refractivity contribution is 0.260. The standard InChI is InChI=1S/C18H28N8O/c1-14-15(2)27-16(24-14)13-23-17(19-3)20-7-8-25-9-11-26(12-10-25)18-21-5-4-6-22-18/h4-6H,7-13H2,1-3H3,(H2,19,20,23). The molecule has 9 heteroatoms. The number of guanidine groups is 1. The highest BCUT2D eigenvalue weighted by atomic mass is 16.4. The first-order valence-corrected chi connectivity index (χ1v) is 9.27. The van der Waals surface area contributed by atoms with Crippen molar-refractivity contribution in [1.82, 2.24) is 30.5 Å². The molecule has 1 saturated heterocycles. The van der Waals surface area contributed by atoms with E-state index in [0.29, 0.717) is 12.4 Å². The fourth-order valence-corrected chi connectivity index (χ4v) is 2.95. The Morgan fingerprint density at radius 3 is 2.52 bits per heavy atom. The van der Waals surface area contributed by atoms with Crippen molar-refractivity contribution < 1.29 is 4.42 Å². The van der Waals surface area contributed by atoms with Crippen LogP contribution in [0.15, 0.2) is 27.9 Å². The fraction of sp³-hybridized carbons (Fsp3) is 0.556. The largest absolute Gasteiger partial charge is 0.444 e. The van der Waals surface area contributed by atoms with E-state index in [4.69, 9.17) is 4.42 Å². The first-order valence-electron chi connectivity index (χ1n) is 9.27. The second kappa shape index (κ2) is 9.31. The Kier molecular flexibility index (Phi) is 6.59. The first-order chi connectivity index (χ1) is 13.2. The van der Waals surface area contributed by atoms with Gasteiger partial charge in [-0.15, -0.1) is 0 Å². The number of hydrogen-bond acceptors (Lipinski definition) is 7. The van der Waals surface area contributed by atoms with Gasteiger partial charge >= 0.3 is 0 Å². The van der Waals surface area contributed by atoms with Crippen LogP contribution in [0.3, 0.4) is 0 Å². The van der Waals surface area contributed by atoms with Gasteiger partial charge in [0.1, 0.15) is 5.76 Å². The second-order valence-electron chi connectivity index (χ2n) is 6.48. The highest BCUT2D eigenvalue weighted by Gasteiger charge is 2.18. The van der Waals surface area contributed by atoms with Gasteiger partial charge in [0, 0.05) is 58.7 Å². The third-order valence-corrected chi connectivity index (χ3v) is 4.63. The molecule has 27 heavy (non-hydrogen) atoms. The van der Waals surface area contributed by atoms with Gasteiger partial charge < -0.3 is 20.0 Å². The maximum atomic E-state index is 5.58. The van der Waals surface area contributed by atoms with Gasteiger partial charge in [-0.1, -0.05) is 0 Å². The van der Waals surface area contributed by atoms with Gasteiger partial charge in [0.25, 0.3) is 0 Å². The molecule has 2 aromatic rings. The summed E-state index contributed by atoms with van der Waals surface area (Å²) in [5, 5.41) is 6.57. The number of oxazole rings is 1. The summed E-state index contributed by atoms with van der Waals surface area (Å²) in [6.07, 6.45) is 3.58. The summed E-state index contributed by atoms with van der Waals surface area (Å²) in [7, 11) is 1.76. The Bertz CT molecular complexity index is 718. The van der Waals surface area contributed by atoms with E-state index in [1.54, 1.807) is 19.4 Å². The molecule has 1 fully saturated rings. The van der Waals surface area contributed by atoms with Crippen molar-refractivity contribution in [3.8, 4) is 0 Å². The molecule has 0 aliphatic carbocycles. The van der Waals surface area contributed by atoms with Gasteiger partial charge in [0.2, 0.25) is 11.8 Å². The summed E-state index contributed by atoms with van der Waals surface area (Å²) < 4.78 is 5.58. The molecule has 0 aromatic carbocycles. The Morgan fingerprint density at radius 2 is 1.89 bits per heavy atom. The van der Waals surface area contributed by atoms with E-state index in [9.17, 15) is 0 Å². The summed E-state index contributed by atoms with van der Waals surface area (Å²) in [6, 6.07) is 1.84. The van der Waals surface area contributed by atoms with Crippen LogP contribution in [0.4, 0.5) is 5.95 Å². The number of nitrogens with zero attached hydrogens (tertiary/aromatic N) is 6. The fourth-order valence-electron chi connectivity index (χ4n) is 2.95. The summed E-state index contributed by atoms with van der Waals surface area (Å²) in [6.45, 7) is 10.1. The van der Waals surface area contributed by atoms with Crippen molar-refractivity contribution >= 4 is 11.9 Å². The number of aromatic nitrogens is 3. The summed E-state index contributed by atoms with van der Waals surface area (Å²) in [5.41, 5.74) is 0.926. The van der Waals surface area contributed by atoms with Crippen LogP contribution >= 0.6 is 0 Å². The second-order valence-corrected chi connectivity index (χ2v) is 6.48. The molecule has 0 saturated carbocycles. The lowest BCUT2D eigenvalue weighted by atomic mass is 10.3. The Morgan fingerprint density at radius 1 is 1.15 bits per heavy atom. The maximum Gasteiger partial charge on any atom is 0.225 e. The van der Waals surface area contributed by atoms with Crippen molar-refractivity contribution in [3.63, 3.8) is 0 Å². The number of aliphatic imine (C=N–C) groups is 1. The van der Waals surface area contributed by atoms with Crippen molar-refractivity contribution in [1.29, 1.82) is 0 Å². The molecule has 0 spiro atoms. The predicted molar refractivity (Wildman–Crippen MR) is 105 cm³/mol. The summed E-state index contributed by atoms with van der Waals surface area (Å²) in [5.74, 6) is 3.10. The molecule has 0 bridgehead atoms. The molecular weight excluding hydrogens is 344 g/mol. The van der Waals surface area contributed by atoms with Crippen molar-refractivity contribution in [2.75, 3.05) is 51.2 Å². The average molecular weight is 372 g/mol. The van der Waals surface area contributed by atoms with E-state index in [-0.39, 0.29) is 0 Å². The van der Waals surface area contributed by atoms with Crippen LogP contribution in [-0.2, 0) is 6.54 Å².